The van der Waals surface area contributed by atoms with E-state index in [4.69, 9.17) is 4.84 Å². The van der Waals surface area contributed by atoms with Crippen LogP contribution in [0.2, 0.25) is 0 Å². The summed E-state index contributed by atoms with van der Waals surface area (Å²) in [7, 11) is 4.23. The Bertz CT molecular complexity index is 712. The van der Waals surface area contributed by atoms with Gasteiger partial charge in [0.05, 0.1) is 11.9 Å². The van der Waals surface area contributed by atoms with Gasteiger partial charge in [-0.1, -0.05) is 19.0 Å². The molecular formula is C25H40N2O2. The molecule has 0 aromatic carbocycles. The highest BCUT2D eigenvalue weighted by molar-refractivity contribution is 5.87. The number of rotatable bonds is 4. The van der Waals surface area contributed by atoms with Crippen LogP contribution in [0, 0.1) is 34.5 Å². The van der Waals surface area contributed by atoms with E-state index in [0.29, 0.717) is 23.7 Å². The minimum absolute atomic E-state index is 0.00206. The lowest BCUT2D eigenvalue weighted by atomic mass is 9.45. The smallest absolute Gasteiger partial charge is 0.139 e. The van der Waals surface area contributed by atoms with Gasteiger partial charge in [-0.25, -0.2) is 0 Å². The van der Waals surface area contributed by atoms with Crippen molar-refractivity contribution in [3.05, 3.63) is 11.3 Å². The highest BCUT2D eigenvalue weighted by Crippen LogP contribution is 2.65. The molecule has 0 aromatic rings. The van der Waals surface area contributed by atoms with Crippen LogP contribution in [0.5, 0.6) is 0 Å². The van der Waals surface area contributed by atoms with E-state index in [1.54, 1.807) is 5.57 Å². The van der Waals surface area contributed by atoms with Crippen molar-refractivity contribution in [1.82, 2.24) is 4.90 Å². The van der Waals surface area contributed by atoms with Crippen molar-refractivity contribution < 1.29 is 9.63 Å². The van der Waals surface area contributed by atoms with E-state index in [1.807, 2.05) is 13.1 Å². The summed E-state index contributed by atoms with van der Waals surface area (Å²) in [6.07, 6.45) is 12.6. The largest absolute Gasteiger partial charge is 0.396 e. The fraction of sp³-hybridized carbons (Fsp3) is 0.840. The predicted molar refractivity (Wildman–Crippen MR) is 118 cm³/mol. The van der Waals surface area contributed by atoms with Crippen molar-refractivity contribution in [3.63, 3.8) is 0 Å². The third-order valence-corrected chi connectivity index (χ3v) is 9.46. The maximum Gasteiger partial charge on any atom is 0.139 e. The lowest BCUT2D eigenvalue weighted by molar-refractivity contribution is -0.137. The molecule has 4 saturated carbocycles. The van der Waals surface area contributed by atoms with Gasteiger partial charge in [-0.3, -0.25) is 4.79 Å². The number of carbonyl (C=O) groups is 1. The molecule has 4 heteroatoms. The van der Waals surface area contributed by atoms with Gasteiger partial charge in [0.2, 0.25) is 0 Å². The molecule has 4 rings (SSSR count). The van der Waals surface area contributed by atoms with Gasteiger partial charge < -0.3 is 9.74 Å². The van der Waals surface area contributed by atoms with E-state index in [1.165, 1.54) is 44.2 Å². The molecule has 0 aliphatic heterocycles. The number of Topliss-reactive ketones (excluding diaryl/α,β-unsaturated/α-hetero) is 1. The number of carbonyl (C=O) groups excluding carboxylic acids is 1. The van der Waals surface area contributed by atoms with E-state index < -0.39 is 0 Å². The number of allylic oxidation sites excluding steroid dienone is 2. The molecule has 4 aliphatic rings. The lowest BCUT2D eigenvalue weighted by Gasteiger charge is -2.60. The predicted octanol–water partition coefficient (Wildman–Crippen LogP) is 5.44. The average molecular weight is 401 g/mol. The summed E-state index contributed by atoms with van der Waals surface area (Å²) in [6.45, 7) is 7.46. The Morgan fingerprint density at radius 1 is 1.14 bits per heavy atom. The van der Waals surface area contributed by atoms with Gasteiger partial charge in [0.1, 0.15) is 12.4 Å². The van der Waals surface area contributed by atoms with Crippen molar-refractivity contribution >= 4 is 12.0 Å². The maximum atomic E-state index is 12.6. The Morgan fingerprint density at radius 2 is 1.93 bits per heavy atom. The zero-order chi connectivity index (χ0) is 20.8. The Labute approximate surface area is 177 Å². The molecule has 4 fully saturated rings. The summed E-state index contributed by atoms with van der Waals surface area (Å²) in [5.74, 6) is 3.57. The van der Waals surface area contributed by atoms with Gasteiger partial charge in [-0.2, -0.15) is 0 Å². The number of ketones is 1. The van der Waals surface area contributed by atoms with Crippen LogP contribution in [-0.4, -0.2) is 37.6 Å². The van der Waals surface area contributed by atoms with Crippen molar-refractivity contribution in [1.29, 1.82) is 0 Å². The Hall–Kier alpha value is -1.32. The lowest BCUT2D eigenvalue weighted by Crippen LogP contribution is -2.53. The zero-order valence-electron chi connectivity index (χ0n) is 19.2. The first kappa shape index (κ1) is 20.9. The van der Waals surface area contributed by atoms with Gasteiger partial charge in [0.15, 0.2) is 0 Å². The highest BCUT2D eigenvalue weighted by Gasteiger charge is 2.59. The molecule has 0 radical (unpaired) electrons. The summed E-state index contributed by atoms with van der Waals surface area (Å²) in [6, 6.07) is 0. The minimum Gasteiger partial charge on any atom is -0.396 e. The molecule has 0 heterocycles. The molecule has 6 atom stereocenters. The molecule has 0 N–H and O–H groups in total. The summed E-state index contributed by atoms with van der Waals surface area (Å²) in [5, 5.41) is 4.17. The highest BCUT2D eigenvalue weighted by atomic mass is 16.6. The SMILES string of the molecule is CCON=CC(=C1CC[C@@]2(C)C(CCC3C2CC[C@]2(C)C(=O)CCC32)C1)N(C)C. The molecule has 0 spiro atoms. The van der Waals surface area contributed by atoms with Crippen LogP contribution >= 0.6 is 0 Å². The van der Waals surface area contributed by atoms with Gasteiger partial charge in [0.25, 0.3) is 0 Å². The molecular weight excluding hydrogens is 360 g/mol. The standard InChI is InChI=1S/C25H40N2O2/c1-6-29-26-16-22(27(4)5)17-11-13-24(2)18(15-17)7-8-19-20-9-10-23(28)25(20,3)14-12-21(19)24/h16,18-21H,6-15H2,1-5H3/t18?,19?,20?,21?,24-,25-/m0/s1. The maximum absolute atomic E-state index is 12.6. The quantitative estimate of drug-likeness (QED) is 0.466. The third-order valence-electron chi connectivity index (χ3n) is 9.46. The van der Waals surface area contributed by atoms with Crippen LogP contribution in [0.25, 0.3) is 0 Å². The van der Waals surface area contributed by atoms with Crippen LogP contribution in [0.15, 0.2) is 16.4 Å². The number of nitrogens with zero attached hydrogens (tertiary/aromatic N) is 2. The molecule has 0 saturated heterocycles. The van der Waals surface area contributed by atoms with Crippen LogP contribution in [0.4, 0.5) is 0 Å². The molecule has 0 bridgehead atoms. The van der Waals surface area contributed by atoms with E-state index in [0.717, 1.165) is 37.0 Å². The Morgan fingerprint density at radius 3 is 2.66 bits per heavy atom. The number of hydrogen-bond donors (Lipinski definition) is 0. The molecule has 0 amide bonds. The van der Waals surface area contributed by atoms with Crippen molar-refractivity contribution in [2.75, 3.05) is 20.7 Å². The summed E-state index contributed by atoms with van der Waals surface area (Å²) in [5.41, 5.74) is 3.22. The first-order chi connectivity index (χ1) is 13.8. The number of hydrogen-bond acceptors (Lipinski definition) is 4. The molecule has 29 heavy (non-hydrogen) atoms. The number of fused-ring (bicyclic) bond motifs is 5. The van der Waals surface area contributed by atoms with Gasteiger partial charge in [0, 0.05) is 25.9 Å². The van der Waals surface area contributed by atoms with Crippen molar-refractivity contribution in [2.45, 2.75) is 78.6 Å². The van der Waals surface area contributed by atoms with E-state index in [-0.39, 0.29) is 5.41 Å². The Balaban J connectivity index is 1.56. The van der Waals surface area contributed by atoms with Gasteiger partial charge in [-0.15, -0.1) is 0 Å². The third kappa shape index (κ3) is 3.35. The molecule has 4 unspecified atom stereocenters. The summed E-state index contributed by atoms with van der Waals surface area (Å²) in [4.78, 5) is 20.1. The fourth-order valence-electron chi connectivity index (χ4n) is 7.77. The van der Waals surface area contributed by atoms with Crippen LogP contribution in [0.3, 0.4) is 0 Å². The van der Waals surface area contributed by atoms with Crippen LogP contribution in [-0.2, 0) is 9.63 Å². The minimum atomic E-state index is -0.00206. The van der Waals surface area contributed by atoms with Crippen LogP contribution < -0.4 is 0 Å². The second kappa shape index (κ2) is 7.74. The molecule has 4 aliphatic carbocycles. The zero-order valence-corrected chi connectivity index (χ0v) is 19.2. The van der Waals surface area contributed by atoms with E-state index in [9.17, 15) is 4.79 Å². The van der Waals surface area contributed by atoms with Crippen molar-refractivity contribution in [3.8, 4) is 0 Å². The first-order valence-electron chi connectivity index (χ1n) is 11.9. The second-order valence-electron chi connectivity index (χ2n) is 10.8. The molecule has 4 nitrogen and oxygen atoms in total. The topological polar surface area (TPSA) is 41.9 Å². The fourth-order valence-corrected chi connectivity index (χ4v) is 7.77. The Kier molecular flexibility index (Phi) is 5.59. The number of oxime groups is 1. The van der Waals surface area contributed by atoms with Gasteiger partial charge >= 0.3 is 0 Å². The molecule has 0 aromatic heterocycles. The average Bonchev–Trinajstić information content (AvgIpc) is 2.99. The van der Waals surface area contributed by atoms with Gasteiger partial charge in [-0.05, 0) is 93.0 Å². The van der Waals surface area contributed by atoms with Crippen molar-refractivity contribution in [2.24, 2.45) is 39.7 Å². The van der Waals surface area contributed by atoms with E-state index in [2.05, 4.69) is 38.0 Å². The van der Waals surface area contributed by atoms with E-state index >= 15 is 0 Å². The normalized spacial score (nSPS) is 43.6. The summed E-state index contributed by atoms with van der Waals surface area (Å²) < 4.78 is 0. The molecule has 162 valence electrons. The summed E-state index contributed by atoms with van der Waals surface area (Å²) >= 11 is 0. The monoisotopic (exact) mass is 400 g/mol. The van der Waals surface area contributed by atoms with Crippen LogP contribution in [0.1, 0.15) is 78.6 Å². The first-order valence-corrected chi connectivity index (χ1v) is 11.9. The second-order valence-corrected chi connectivity index (χ2v) is 10.8.